The van der Waals surface area contributed by atoms with Crippen molar-refractivity contribution in [1.82, 2.24) is 5.32 Å². The van der Waals surface area contributed by atoms with E-state index in [0.29, 0.717) is 30.0 Å². The van der Waals surface area contributed by atoms with Crippen LogP contribution in [0.25, 0.3) is 0 Å². The molecule has 0 radical (unpaired) electrons. The fourth-order valence-corrected chi connectivity index (χ4v) is 2.11. The number of benzene rings is 1. The molecule has 0 aromatic heterocycles. The van der Waals surface area contributed by atoms with Crippen LogP contribution in [0.4, 0.5) is 11.4 Å². The minimum absolute atomic E-state index is 0.0616. The van der Waals surface area contributed by atoms with Gasteiger partial charge in [-0.05, 0) is 25.1 Å². The summed E-state index contributed by atoms with van der Waals surface area (Å²) in [6, 6.07) is 4.63. The van der Waals surface area contributed by atoms with Crippen molar-refractivity contribution in [1.29, 1.82) is 0 Å². The molecule has 1 fully saturated rings. The number of nitrogens with two attached hydrogens (primary N) is 2. The molecule has 1 heterocycles. The molecule has 0 bridgehead atoms. The second kappa shape index (κ2) is 4.56. The highest BCUT2D eigenvalue weighted by atomic mass is 16.2. The molecule has 1 aliphatic heterocycles. The second-order valence-electron chi connectivity index (χ2n) is 4.30. The predicted molar refractivity (Wildman–Crippen MR) is 69.2 cm³/mol. The van der Waals surface area contributed by atoms with Crippen LogP contribution < -0.4 is 21.7 Å². The van der Waals surface area contributed by atoms with Crippen molar-refractivity contribution in [2.75, 3.05) is 23.7 Å². The normalized spacial score (nSPS) is 19.5. The van der Waals surface area contributed by atoms with Gasteiger partial charge in [-0.2, -0.15) is 0 Å². The Kier molecular flexibility index (Phi) is 3.10. The van der Waals surface area contributed by atoms with Gasteiger partial charge in [0, 0.05) is 18.8 Å². The number of hydrogen-bond acceptors (Lipinski definition) is 4. The quantitative estimate of drug-likeness (QED) is 0.625. The molecule has 96 valence electrons. The summed E-state index contributed by atoms with van der Waals surface area (Å²) in [7, 11) is 0. The molecule has 2 amide bonds. The van der Waals surface area contributed by atoms with Crippen molar-refractivity contribution in [2.24, 2.45) is 5.73 Å². The highest BCUT2D eigenvalue weighted by Crippen LogP contribution is 2.25. The molecule has 5 N–H and O–H groups in total. The number of carbonyl (C=O) groups excluding carboxylic acids is 2. The summed E-state index contributed by atoms with van der Waals surface area (Å²) in [5, 5.41) is 2.77. The van der Waals surface area contributed by atoms with E-state index in [-0.39, 0.29) is 11.9 Å². The van der Waals surface area contributed by atoms with Crippen molar-refractivity contribution in [3.8, 4) is 0 Å². The van der Waals surface area contributed by atoms with Crippen molar-refractivity contribution < 1.29 is 9.59 Å². The number of nitrogens with zero attached hydrogens (tertiary/aromatic N) is 1. The summed E-state index contributed by atoms with van der Waals surface area (Å²) >= 11 is 0. The molecular weight excluding hydrogens is 232 g/mol. The molecule has 1 aromatic carbocycles. The first-order valence-electron chi connectivity index (χ1n) is 5.74. The third kappa shape index (κ3) is 2.09. The van der Waals surface area contributed by atoms with E-state index in [1.165, 1.54) is 6.07 Å². The molecule has 6 heteroatoms. The molecule has 1 unspecified atom stereocenters. The van der Waals surface area contributed by atoms with Crippen molar-refractivity contribution in [3.63, 3.8) is 0 Å². The number of anilines is 2. The number of rotatable bonds is 2. The summed E-state index contributed by atoms with van der Waals surface area (Å²) < 4.78 is 0. The van der Waals surface area contributed by atoms with Gasteiger partial charge >= 0.3 is 0 Å². The molecule has 2 rings (SSSR count). The van der Waals surface area contributed by atoms with Gasteiger partial charge in [0.05, 0.1) is 11.3 Å². The molecule has 1 aromatic rings. The number of carbonyl (C=O) groups is 2. The number of primary amides is 1. The van der Waals surface area contributed by atoms with Crippen molar-refractivity contribution >= 4 is 23.2 Å². The van der Waals surface area contributed by atoms with Gasteiger partial charge in [-0.1, -0.05) is 0 Å². The van der Waals surface area contributed by atoms with E-state index in [1.54, 1.807) is 19.1 Å². The van der Waals surface area contributed by atoms with E-state index in [4.69, 9.17) is 11.5 Å². The van der Waals surface area contributed by atoms with E-state index in [9.17, 15) is 9.59 Å². The lowest BCUT2D eigenvalue weighted by Crippen LogP contribution is -2.54. The first-order valence-corrected chi connectivity index (χ1v) is 5.74. The third-order valence-electron chi connectivity index (χ3n) is 3.09. The lowest BCUT2D eigenvalue weighted by molar-refractivity contribution is -0.122. The molecule has 0 saturated carbocycles. The fourth-order valence-electron chi connectivity index (χ4n) is 2.11. The molecule has 1 atom stereocenters. The Hall–Kier alpha value is -2.24. The highest BCUT2D eigenvalue weighted by Gasteiger charge is 2.27. The first kappa shape index (κ1) is 12.2. The SMILES string of the molecule is CC1C(=O)NCCN1c1ccc(N)cc1C(N)=O. The Morgan fingerprint density at radius 1 is 1.50 bits per heavy atom. The van der Waals surface area contributed by atoms with Gasteiger partial charge in [0.25, 0.3) is 5.91 Å². The Labute approximate surface area is 105 Å². The van der Waals surface area contributed by atoms with Crippen LogP contribution in [0.5, 0.6) is 0 Å². The highest BCUT2D eigenvalue weighted by molar-refractivity contribution is 6.00. The third-order valence-corrected chi connectivity index (χ3v) is 3.09. The van der Waals surface area contributed by atoms with Crippen LogP contribution >= 0.6 is 0 Å². The monoisotopic (exact) mass is 248 g/mol. The lowest BCUT2D eigenvalue weighted by Gasteiger charge is -2.35. The number of nitrogens with one attached hydrogen (secondary N) is 1. The fraction of sp³-hybridized carbons (Fsp3) is 0.333. The minimum Gasteiger partial charge on any atom is -0.399 e. The van der Waals surface area contributed by atoms with Crippen molar-refractivity contribution in [2.45, 2.75) is 13.0 Å². The van der Waals surface area contributed by atoms with E-state index >= 15 is 0 Å². The molecule has 0 aliphatic carbocycles. The summed E-state index contributed by atoms with van der Waals surface area (Å²) in [5.41, 5.74) is 12.5. The maximum atomic E-state index is 11.6. The number of nitrogen functional groups attached to an aromatic ring is 1. The molecule has 1 aliphatic rings. The molecule has 0 spiro atoms. The maximum Gasteiger partial charge on any atom is 0.250 e. The maximum absolute atomic E-state index is 11.6. The second-order valence-corrected chi connectivity index (χ2v) is 4.30. The van der Waals surface area contributed by atoms with Crippen LogP contribution in [0, 0.1) is 0 Å². The molecular formula is C12H16N4O2. The van der Waals surface area contributed by atoms with Gasteiger partial charge in [-0.15, -0.1) is 0 Å². The zero-order chi connectivity index (χ0) is 13.3. The Morgan fingerprint density at radius 2 is 2.22 bits per heavy atom. The van der Waals surface area contributed by atoms with Crippen LogP contribution in [0.3, 0.4) is 0 Å². The van der Waals surface area contributed by atoms with Crippen molar-refractivity contribution in [3.05, 3.63) is 23.8 Å². The van der Waals surface area contributed by atoms with Gasteiger partial charge in [0.1, 0.15) is 6.04 Å². The van der Waals surface area contributed by atoms with Crippen LogP contribution in [-0.2, 0) is 4.79 Å². The average Bonchev–Trinajstić information content (AvgIpc) is 2.33. The van der Waals surface area contributed by atoms with E-state index < -0.39 is 5.91 Å². The van der Waals surface area contributed by atoms with E-state index in [2.05, 4.69) is 5.32 Å². The van der Waals surface area contributed by atoms with Gasteiger partial charge in [-0.25, -0.2) is 0 Å². The minimum atomic E-state index is -0.546. The first-order chi connectivity index (χ1) is 8.50. The van der Waals surface area contributed by atoms with Crippen LogP contribution in [-0.4, -0.2) is 30.9 Å². The average molecular weight is 248 g/mol. The van der Waals surface area contributed by atoms with E-state index in [1.807, 2.05) is 4.90 Å². The van der Waals surface area contributed by atoms with Crippen LogP contribution in [0.15, 0.2) is 18.2 Å². The summed E-state index contributed by atoms with van der Waals surface area (Å²) in [6.07, 6.45) is 0. The summed E-state index contributed by atoms with van der Waals surface area (Å²) in [4.78, 5) is 24.9. The number of piperazine rings is 1. The Balaban J connectivity index is 2.43. The van der Waals surface area contributed by atoms with Crippen LogP contribution in [0.2, 0.25) is 0 Å². The van der Waals surface area contributed by atoms with Gasteiger partial charge in [0.2, 0.25) is 5.91 Å². The number of hydrogen-bond donors (Lipinski definition) is 3. The van der Waals surface area contributed by atoms with Gasteiger partial charge in [-0.3, -0.25) is 9.59 Å². The largest absolute Gasteiger partial charge is 0.399 e. The summed E-state index contributed by atoms with van der Waals surface area (Å²) in [5.74, 6) is -0.607. The zero-order valence-electron chi connectivity index (χ0n) is 10.1. The summed E-state index contributed by atoms with van der Waals surface area (Å²) in [6.45, 7) is 2.97. The molecule has 18 heavy (non-hydrogen) atoms. The van der Waals surface area contributed by atoms with Gasteiger partial charge < -0.3 is 21.7 Å². The molecule has 1 saturated heterocycles. The standard InChI is InChI=1S/C12H16N4O2/c1-7-12(18)15-4-5-16(7)10-3-2-8(13)6-9(10)11(14)17/h2-3,6-7H,4-5,13H2,1H3,(H2,14,17)(H,15,18). The van der Waals surface area contributed by atoms with E-state index in [0.717, 1.165) is 0 Å². The lowest BCUT2D eigenvalue weighted by atomic mass is 10.1. The smallest absolute Gasteiger partial charge is 0.250 e. The predicted octanol–water partition coefficient (Wildman–Crippen LogP) is -0.308. The Morgan fingerprint density at radius 3 is 2.89 bits per heavy atom. The van der Waals surface area contributed by atoms with Crippen LogP contribution in [0.1, 0.15) is 17.3 Å². The van der Waals surface area contributed by atoms with Gasteiger partial charge in [0.15, 0.2) is 0 Å². The zero-order valence-corrected chi connectivity index (χ0v) is 10.1. The topological polar surface area (TPSA) is 101 Å². The number of amides is 2. The Bertz CT molecular complexity index is 501. The molecule has 6 nitrogen and oxygen atoms in total.